The van der Waals surface area contributed by atoms with Crippen molar-refractivity contribution in [3.8, 4) is 0 Å². The zero-order chi connectivity index (χ0) is 20.0. The molecule has 1 heterocycles. The van der Waals surface area contributed by atoms with Crippen LogP contribution in [0.4, 0.5) is 0 Å². The second kappa shape index (κ2) is 9.64. The molecule has 1 saturated heterocycles. The highest BCUT2D eigenvalue weighted by Crippen LogP contribution is 2.20. The minimum atomic E-state index is -3.67. The fourth-order valence-corrected chi connectivity index (χ4v) is 5.88. The van der Waals surface area contributed by atoms with Gasteiger partial charge in [-0.25, -0.2) is 26.3 Å². The summed E-state index contributed by atoms with van der Waals surface area (Å²) in [6, 6.07) is 5.34. The fourth-order valence-electron chi connectivity index (χ4n) is 3.55. The number of hydrogen-bond donors (Lipinski definition) is 2. The molecule has 3 rings (SSSR count). The molecule has 0 bridgehead atoms. The zero-order valence-electron chi connectivity index (χ0n) is 16.0. The van der Waals surface area contributed by atoms with Crippen LogP contribution < -0.4 is 9.44 Å². The van der Waals surface area contributed by atoms with Crippen LogP contribution in [0.2, 0.25) is 0 Å². The predicted octanol–water partition coefficient (Wildman–Crippen LogP) is 0.908. The molecule has 0 aromatic heterocycles. The zero-order valence-corrected chi connectivity index (χ0v) is 17.6. The van der Waals surface area contributed by atoms with E-state index in [1.54, 1.807) is 0 Å². The quantitative estimate of drug-likeness (QED) is 0.634. The van der Waals surface area contributed by atoms with Gasteiger partial charge < -0.3 is 4.74 Å². The molecule has 1 saturated carbocycles. The van der Waals surface area contributed by atoms with Gasteiger partial charge in [-0.1, -0.05) is 19.3 Å². The Morgan fingerprint density at radius 1 is 0.893 bits per heavy atom. The summed E-state index contributed by atoms with van der Waals surface area (Å²) in [5.41, 5.74) is 0. The average molecular weight is 432 g/mol. The molecule has 1 aromatic carbocycles. The van der Waals surface area contributed by atoms with Crippen LogP contribution in [0.3, 0.4) is 0 Å². The van der Waals surface area contributed by atoms with Crippen molar-refractivity contribution in [3.63, 3.8) is 0 Å². The molecule has 1 aliphatic heterocycles. The van der Waals surface area contributed by atoms with E-state index in [-0.39, 0.29) is 15.8 Å². The monoisotopic (exact) mass is 431 g/mol. The molecular weight excluding hydrogens is 402 g/mol. The van der Waals surface area contributed by atoms with E-state index in [2.05, 4.69) is 14.3 Å². The van der Waals surface area contributed by atoms with E-state index in [0.717, 1.165) is 45.2 Å². The summed E-state index contributed by atoms with van der Waals surface area (Å²) < 4.78 is 60.5. The summed E-state index contributed by atoms with van der Waals surface area (Å²) in [5, 5.41) is 0. The maximum atomic E-state index is 12.5. The number of rotatable bonds is 8. The molecule has 0 amide bonds. The lowest BCUT2D eigenvalue weighted by Gasteiger charge is -2.26. The molecule has 1 aromatic rings. The molecule has 1 aliphatic carbocycles. The Kier molecular flexibility index (Phi) is 7.46. The Hall–Kier alpha value is -1.04. The Morgan fingerprint density at radius 3 is 2.07 bits per heavy atom. The first-order chi connectivity index (χ1) is 13.4. The highest BCUT2D eigenvalue weighted by molar-refractivity contribution is 7.90. The third-order valence-corrected chi connectivity index (χ3v) is 8.21. The van der Waals surface area contributed by atoms with Crippen LogP contribution in [0.25, 0.3) is 0 Å². The lowest BCUT2D eigenvalue weighted by Crippen LogP contribution is -2.41. The van der Waals surface area contributed by atoms with Crippen molar-refractivity contribution in [2.24, 2.45) is 0 Å². The van der Waals surface area contributed by atoms with Crippen LogP contribution >= 0.6 is 0 Å². The summed E-state index contributed by atoms with van der Waals surface area (Å²) in [5.74, 6) is 0. The molecule has 2 fully saturated rings. The second-order valence-electron chi connectivity index (χ2n) is 7.28. The van der Waals surface area contributed by atoms with Crippen molar-refractivity contribution >= 4 is 20.0 Å². The van der Waals surface area contributed by atoms with Crippen molar-refractivity contribution in [1.29, 1.82) is 0 Å². The third kappa shape index (κ3) is 5.98. The molecule has 10 heteroatoms. The van der Waals surface area contributed by atoms with Crippen molar-refractivity contribution < 1.29 is 21.6 Å². The first-order valence-corrected chi connectivity index (χ1v) is 12.8. The van der Waals surface area contributed by atoms with Gasteiger partial charge in [0.15, 0.2) is 0 Å². The Bertz CT molecular complexity index is 828. The maximum absolute atomic E-state index is 12.5. The smallest absolute Gasteiger partial charge is 0.240 e. The minimum Gasteiger partial charge on any atom is -0.379 e. The highest BCUT2D eigenvalue weighted by atomic mass is 32.2. The van der Waals surface area contributed by atoms with Crippen molar-refractivity contribution in [3.05, 3.63) is 24.3 Å². The molecule has 0 spiro atoms. The summed E-state index contributed by atoms with van der Waals surface area (Å²) in [4.78, 5) is 2.29. The molecule has 0 radical (unpaired) electrons. The normalized spacial score (nSPS) is 20.3. The van der Waals surface area contributed by atoms with Gasteiger partial charge in [-0.3, -0.25) is 4.90 Å². The van der Waals surface area contributed by atoms with Gasteiger partial charge in [-0.2, -0.15) is 0 Å². The first-order valence-electron chi connectivity index (χ1n) is 9.79. The maximum Gasteiger partial charge on any atom is 0.240 e. The van der Waals surface area contributed by atoms with Gasteiger partial charge in [-0.05, 0) is 37.1 Å². The van der Waals surface area contributed by atoms with Gasteiger partial charge in [0.1, 0.15) is 0 Å². The van der Waals surface area contributed by atoms with Crippen LogP contribution in [0.15, 0.2) is 34.1 Å². The van der Waals surface area contributed by atoms with E-state index in [1.165, 1.54) is 24.3 Å². The third-order valence-electron chi connectivity index (χ3n) is 5.20. The molecule has 0 unspecified atom stereocenters. The number of nitrogens with one attached hydrogen (secondary N) is 2. The number of benzene rings is 1. The summed E-state index contributed by atoms with van der Waals surface area (Å²) in [6.07, 6.45) is 4.89. The molecule has 158 valence electrons. The number of nitrogens with zero attached hydrogens (tertiary/aromatic N) is 1. The lowest BCUT2D eigenvalue weighted by atomic mass is 9.96. The predicted molar refractivity (Wildman–Crippen MR) is 106 cm³/mol. The van der Waals surface area contributed by atoms with Crippen molar-refractivity contribution in [1.82, 2.24) is 14.3 Å². The Balaban J connectivity index is 1.57. The summed E-state index contributed by atoms with van der Waals surface area (Å²) >= 11 is 0. The topological polar surface area (TPSA) is 105 Å². The van der Waals surface area contributed by atoms with E-state index in [4.69, 9.17) is 4.74 Å². The van der Waals surface area contributed by atoms with Gasteiger partial charge in [0.2, 0.25) is 20.0 Å². The number of morpholine rings is 1. The van der Waals surface area contributed by atoms with E-state index in [0.29, 0.717) is 26.3 Å². The van der Waals surface area contributed by atoms with Gasteiger partial charge >= 0.3 is 0 Å². The summed E-state index contributed by atoms with van der Waals surface area (Å²) in [7, 11) is -7.31. The number of hydrogen-bond acceptors (Lipinski definition) is 6. The molecular formula is C18H29N3O5S2. The van der Waals surface area contributed by atoms with Crippen LogP contribution in [-0.2, 0) is 24.8 Å². The fraction of sp³-hybridized carbons (Fsp3) is 0.667. The molecule has 8 nitrogen and oxygen atoms in total. The second-order valence-corrected chi connectivity index (χ2v) is 10.8. The van der Waals surface area contributed by atoms with Crippen molar-refractivity contribution in [2.45, 2.75) is 47.9 Å². The van der Waals surface area contributed by atoms with Gasteiger partial charge in [0, 0.05) is 32.2 Å². The van der Waals surface area contributed by atoms with E-state index >= 15 is 0 Å². The Labute approximate surface area is 167 Å². The van der Waals surface area contributed by atoms with Crippen molar-refractivity contribution in [2.75, 3.05) is 39.4 Å². The molecule has 2 N–H and O–H groups in total. The SMILES string of the molecule is O=S(=O)(NCCN1CCOCC1)c1ccc(S(=O)(=O)NC2CCCCC2)cc1. The van der Waals surface area contributed by atoms with E-state index in [9.17, 15) is 16.8 Å². The lowest BCUT2D eigenvalue weighted by molar-refractivity contribution is 0.0390. The number of ether oxygens (including phenoxy) is 1. The van der Waals surface area contributed by atoms with Crippen LogP contribution in [0.5, 0.6) is 0 Å². The van der Waals surface area contributed by atoms with Gasteiger partial charge in [0.05, 0.1) is 23.0 Å². The van der Waals surface area contributed by atoms with E-state index < -0.39 is 20.0 Å². The van der Waals surface area contributed by atoms with Crippen LogP contribution in [-0.4, -0.2) is 67.2 Å². The first kappa shape index (κ1) is 21.7. The highest BCUT2D eigenvalue weighted by Gasteiger charge is 2.23. The molecule has 2 aliphatic rings. The van der Waals surface area contributed by atoms with Gasteiger partial charge in [-0.15, -0.1) is 0 Å². The van der Waals surface area contributed by atoms with Crippen LogP contribution in [0.1, 0.15) is 32.1 Å². The average Bonchev–Trinajstić information content (AvgIpc) is 2.69. The van der Waals surface area contributed by atoms with Crippen LogP contribution in [0, 0.1) is 0 Å². The van der Waals surface area contributed by atoms with E-state index in [1.807, 2.05) is 0 Å². The minimum absolute atomic E-state index is 0.0380. The molecule has 0 atom stereocenters. The standard InChI is InChI=1S/C18H29N3O5S2/c22-27(23,19-10-11-21-12-14-26-15-13-21)17-6-8-18(9-7-17)28(24,25)20-16-4-2-1-3-5-16/h6-9,16,19-20H,1-5,10-15H2. The molecule has 28 heavy (non-hydrogen) atoms. The Morgan fingerprint density at radius 2 is 1.46 bits per heavy atom. The van der Waals surface area contributed by atoms with Gasteiger partial charge in [0.25, 0.3) is 0 Å². The largest absolute Gasteiger partial charge is 0.379 e. The number of sulfonamides is 2. The summed E-state index contributed by atoms with van der Waals surface area (Å²) in [6.45, 7) is 3.83.